The standard InChI is InChI=1S/C16H21N5/c1-2-8-17-12(3-1)11-21(13-4-5-13)15-7-6-14-16(20-15)19-10-9-18-14/h6-7,9-10,12-13,17H,1-5,8,11H2. The first kappa shape index (κ1) is 13.0. The van der Waals surface area contributed by atoms with Gasteiger partial charge in [-0.25, -0.2) is 9.97 Å². The summed E-state index contributed by atoms with van der Waals surface area (Å²) in [4.78, 5) is 15.8. The van der Waals surface area contributed by atoms with Crippen LogP contribution < -0.4 is 10.2 Å². The van der Waals surface area contributed by atoms with E-state index in [9.17, 15) is 0 Å². The number of pyridine rings is 1. The molecular weight excluding hydrogens is 262 g/mol. The molecule has 1 unspecified atom stereocenters. The van der Waals surface area contributed by atoms with Crippen LogP contribution >= 0.6 is 0 Å². The molecule has 0 spiro atoms. The van der Waals surface area contributed by atoms with Gasteiger partial charge in [0.1, 0.15) is 11.3 Å². The molecule has 2 aliphatic rings. The average Bonchev–Trinajstić information content (AvgIpc) is 3.38. The Hall–Kier alpha value is -1.75. The number of fused-ring (bicyclic) bond motifs is 1. The van der Waals surface area contributed by atoms with Gasteiger partial charge in [-0.15, -0.1) is 0 Å². The van der Waals surface area contributed by atoms with Gasteiger partial charge in [0.2, 0.25) is 0 Å². The van der Waals surface area contributed by atoms with Crippen molar-refractivity contribution in [2.24, 2.45) is 0 Å². The number of hydrogen-bond acceptors (Lipinski definition) is 5. The summed E-state index contributed by atoms with van der Waals surface area (Å²) in [5.41, 5.74) is 1.62. The second-order valence-corrected chi connectivity index (χ2v) is 6.10. The van der Waals surface area contributed by atoms with Crippen LogP contribution in [0.2, 0.25) is 0 Å². The van der Waals surface area contributed by atoms with Gasteiger partial charge in [-0.05, 0) is 44.4 Å². The number of rotatable bonds is 4. The lowest BCUT2D eigenvalue weighted by Gasteiger charge is -2.31. The summed E-state index contributed by atoms with van der Waals surface area (Å²) < 4.78 is 0. The van der Waals surface area contributed by atoms with Gasteiger partial charge >= 0.3 is 0 Å². The largest absolute Gasteiger partial charge is 0.352 e. The Bertz CT molecular complexity index is 619. The summed E-state index contributed by atoms with van der Waals surface area (Å²) >= 11 is 0. The monoisotopic (exact) mass is 283 g/mol. The van der Waals surface area contributed by atoms with Crippen molar-refractivity contribution in [3.63, 3.8) is 0 Å². The first-order valence-corrected chi connectivity index (χ1v) is 7.98. The highest BCUT2D eigenvalue weighted by Gasteiger charge is 2.32. The molecule has 4 rings (SSSR count). The summed E-state index contributed by atoms with van der Waals surface area (Å²) in [5, 5.41) is 3.64. The van der Waals surface area contributed by atoms with E-state index in [-0.39, 0.29) is 0 Å². The minimum absolute atomic E-state index is 0.596. The number of nitrogens with zero attached hydrogens (tertiary/aromatic N) is 4. The predicted molar refractivity (Wildman–Crippen MR) is 83.3 cm³/mol. The van der Waals surface area contributed by atoms with E-state index >= 15 is 0 Å². The van der Waals surface area contributed by atoms with Gasteiger partial charge in [0.05, 0.1) is 0 Å². The Morgan fingerprint density at radius 2 is 2.00 bits per heavy atom. The number of aromatic nitrogens is 3. The van der Waals surface area contributed by atoms with Crippen LogP contribution in [0.25, 0.3) is 11.2 Å². The zero-order valence-electron chi connectivity index (χ0n) is 12.2. The van der Waals surface area contributed by atoms with Crippen molar-refractivity contribution in [2.45, 2.75) is 44.2 Å². The van der Waals surface area contributed by atoms with Crippen LogP contribution in [0.4, 0.5) is 5.82 Å². The third kappa shape index (κ3) is 2.83. The van der Waals surface area contributed by atoms with Crippen LogP contribution in [0, 0.1) is 0 Å². The molecule has 2 fully saturated rings. The lowest BCUT2D eigenvalue weighted by molar-refractivity contribution is 0.398. The lowest BCUT2D eigenvalue weighted by atomic mass is 10.0. The molecule has 5 heteroatoms. The molecule has 2 aromatic rings. The first-order chi connectivity index (χ1) is 10.4. The second-order valence-electron chi connectivity index (χ2n) is 6.10. The van der Waals surface area contributed by atoms with Crippen LogP contribution in [0.3, 0.4) is 0 Å². The van der Waals surface area contributed by atoms with Crippen LogP contribution in [0.5, 0.6) is 0 Å². The number of anilines is 1. The SMILES string of the molecule is c1cnc2nc(N(CC3CCCCN3)C3CC3)ccc2n1. The first-order valence-electron chi connectivity index (χ1n) is 7.98. The zero-order chi connectivity index (χ0) is 14.1. The Morgan fingerprint density at radius 1 is 1.10 bits per heavy atom. The lowest BCUT2D eigenvalue weighted by Crippen LogP contribution is -2.44. The minimum Gasteiger partial charge on any atom is -0.352 e. The third-order valence-corrected chi connectivity index (χ3v) is 4.43. The van der Waals surface area contributed by atoms with E-state index in [2.05, 4.69) is 26.3 Å². The fraction of sp³-hybridized carbons (Fsp3) is 0.562. The van der Waals surface area contributed by atoms with Crippen molar-refractivity contribution < 1.29 is 0 Å². The molecular formula is C16H21N5. The van der Waals surface area contributed by atoms with Gasteiger partial charge in [-0.2, -0.15) is 0 Å². The quantitative estimate of drug-likeness (QED) is 0.931. The van der Waals surface area contributed by atoms with Gasteiger partial charge in [0, 0.05) is 31.0 Å². The van der Waals surface area contributed by atoms with E-state index in [4.69, 9.17) is 4.98 Å². The van der Waals surface area contributed by atoms with Gasteiger partial charge < -0.3 is 10.2 Å². The van der Waals surface area contributed by atoms with Gasteiger partial charge in [0.25, 0.3) is 0 Å². The van der Waals surface area contributed by atoms with Crippen molar-refractivity contribution in [3.05, 3.63) is 24.5 Å². The average molecular weight is 283 g/mol. The zero-order valence-corrected chi connectivity index (χ0v) is 12.2. The van der Waals surface area contributed by atoms with Gasteiger partial charge in [0.15, 0.2) is 5.65 Å². The molecule has 21 heavy (non-hydrogen) atoms. The molecule has 1 atom stereocenters. The van der Waals surface area contributed by atoms with Crippen molar-refractivity contribution in [3.8, 4) is 0 Å². The molecule has 0 aromatic carbocycles. The van der Waals surface area contributed by atoms with Crippen LogP contribution in [0.1, 0.15) is 32.1 Å². The van der Waals surface area contributed by atoms with Gasteiger partial charge in [-0.3, -0.25) is 4.98 Å². The Balaban J connectivity index is 1.59. The second kappa shape index (κ2) is 5.56. The Labute approximate surface area is 124 Å². The molecule has 5 nitrogen and oxygen atoms in total. The molecule has 1 aliphatic heterocycles. The van der Waals surface area contributed by atoms with E-state index in [0.717, 1.165) is 30.1 Å². The molecule has 3 heterocycles. The maximum absolute atomic E-state index is 4.73. The smallest absolute Gasteiger partial charge is 0.180 e. The fourth-order valence-corrected chi connectivity index (χ4v) is 3.14. The molecule has 1 saturated heterocycles. The van der Waals surface area contributed by atoms with Crippen LogP contribution in [0.15, 0.2) is 24.5 Å². The molecule has 2 aromatic heterocycles. The molecule has 0 bridgehead atoms. The molecule has 1 aliphatic carbocycles. The molecule has 110 valence electrons. The Morgan fingerprint density at radius 3 is 2.81 bits per heavy atom. The maximum Gasteiger partial charge on any atom is 0.180 e. The highest BCUT2D eigenvalue weighted by molar-refractivity contribution is 5.71. The summed E-state index contributed by atoms with van der Waals surface area (Å²) in [6.45, 7) is 2.21. The summed E-state index contributed by atoms with van der Waals surface area (Å²) in [7, 11) is 0. The van der Waals surface area contributed by atoms with Crippen molar-refractivity contribution >= 4 is 17.0 Å². The molecule has 0 amide bonds. The number of piperidine rings is 1. The van der Waals surface area contributed by atoms with E-state index in [0.29, 0.717) is 12.1 Å². The van der Waals surface area contributed by atoms with Crippen LogP contribution in [-0.4, -0.2) is 40.1 Å². The normalized spacial score (nSPS) is 22.4. The fourth-order valence-electron chi connectivity index (χ4n) is 3.14. The molecule has 1 saturated carbocycles. The van der Waals surface area contributed by atoms with E-state index in [1.165, 1.54) is 32.1 Å². The van der Waals surface area contributed by atoms with E-state index < -0.39 is 0 Å². The van der Waals surface area contributed by atoms with Crippen molar-refractivity contribution in [2.75, 3.05) is 18.0 Å². The van der Waals surface area contributed by atoms with Gasteiger partial charge in [-0.1, -0.05) is 6.42 Å². The van der Waals surface area contributed by atoms with Crippen molar-refractivity contribution in [1.82, 2.24) is 20.3 Å². The highest BCUT2D eigenvalue weighted by atomic mass is 15.3. The summed E-state index contributed by atoms with van der Waals surface area (Å²) in [6, 6.07) is 5.39. The predicted octanol–water partition coefficient (Wildman–Crippen LogP) is 2.14. The maximum atomic E-state index is 4.73. The molecule has 0 radical (unpaired) electrons. The highest BCUT2D eigenvalue weighted by Crippen LogP contribution is 2.31. The van der Waals surface area contributed by atoms with E-state index in [1.54, 1.807) is 12.4 Å². The summed E-state index contributed by atoms with van der Waals surface area (Å²) in [5.74, 6) is 1.05. The molecule has 1 N–H and O–H groups in total. The van der Waals surface area contributed by atoms with Crippen LogP contribution in [-0.2, 0) is 0 Å². The number of hydrogen-bond donors (Lipinski definition) is 1. The topological polar surface area (TPSA) is 53.9 Å². The minimum atomic E-state index is 0.596. The van der Waals surface area contributed by atoms with Crippen molar-refractivity contribution in [1.29, 1.82) is 0 Å². The van der Waals surface area contributed by atoms with E-state index in [1.807, 2.05) is 6.07 Å². The third-order valence-electron chi connectivity index (χ3n) is 4.43. The Kier molecular flexibility index (Phi) is 3.43. The summed E-state index contributed by atoms with van der Waals surface area (Å²) in [6.07, 6.45) is 9.92. The number of nitrogens with one attached hydrogen (secondary N) is 1.